The molecule has 1 aromatic rings. The van der Waals surface area contributed by atoms with E-state index in [1.54, 1.807) is 6.20 Å². The van der Waals surface area contributed by atoms with E-state index in [2.05, 4.69) is 10.3 Å². The van der Waals surface area contributed by atoms with Crippen LogP contribution in [0.5, 0.6) is 0 Å². The highest BCUT2D eigenvalue weighted by Gasteiger charge is 2.41. The molecule has 0 bridgehead atoms. The highest BCUT2D eigenvalue weighted by molar-refractivity contribution is 5.77. The zero-order valence-electron chi connectivity index (χ0n) is 12.6. The van der Waals surface area contributed by atoms with Crippen LogP contribution in [0.25, 0.3) is 0 Å². The standard InChI is InChI=1S/C16H23N3O2/c1-13-3-6-17-14(10-13)18-7-8-19-11-16(4-2-15(19)20)5-9-21-12-16/h3,6,10H,2,4-5,7-9,11-12H2,1H3,(H,17,18)/t16-/m1/s1. The summed E-state index contributed by atoms with van der Waals surface area (Å²) < 4.78 is 5.54. The molecule has 21 heavy (non-hydrogen) atoms. The Labute approximate surface area is 125 Å². The van der Waals surface area contributed by atoms with Crippen molar-refractivity contribution in [2.45, 2.75) is 26.2 Å². The summed E-state index contributed by atoms with van der Waals surface area (Å²) in [6.45, 7) is 6.01. The number of piperidine rings is 1. The molecule has 2 aliphatic rings. The van der Waals surface area contributed by atoms with E-state index in [1.165, 1.54) is 5.56 Å². The van der Waals surface area contributed by atoms with E-state index in [1.807, 2.05) is 24.0 Å². The van der Waals surface area contributed by atoms with Crippen molar-refractivity contribution in [2.24, 2.45) is 5.41 Å². The van der Waals surface area contributed by atoms with Crippen LogP contribution in [0, 0.1) is 12.3 Å². The van der Waals surface area contributed by atoms with E-state index in [0.29, 0.717) is 6.42 Å². The molecule has 3 heterocycles. The van der Waals surface area contributed by atoms with Gasteiger partial charge >= 0.3 is 0 Å². The summed E-state index contributed by atoms with van der Waals surface area (Å²) in [5.74, 6) is 1.14. The van der Waals surface area contributed by atoms with Gasteiger partial charge in [0, 0.05) is 44.3 Å². The van der Waals surface area contributed by atoms with E-state index in [4.69, 9.17) is 4.74 Å². The Kier molecular flexibility index (Phi) is 4.10. The Balaban J connectivity index is 1.52. The van der Waals surface area contributed by atoms with Crippen LogP contribution in [-0.4, -0.2) is 48.6 Å². The zero-order valence-corrected chi connectivity index (χ0v) is 12.6. The number of amides is 1. The second kappa shape index (κ2) is 6.02. The fourth-order valence-electron chi connectivity index (χ4n) is 3.23. The first-order valence-corrected chi connectivity index (χ1v) is 7.69. The topological polar surface area (TPSA) is 54.5 Å². The highest BCUT2D eigenvalue weighted by atomic mass is 16.5. The quantitative estimate of drug-likeness (QED) is 0.919. The van der Waals surface area contributed by atoms with E-state index < -0.39 is 0 Å². The smallest absolute Gasteiger partial charge is 0.222 e. The molecule has 1 atom stereocenters. The van der Waals surface area contributed by atoms with E-state index in [9.17, 15) is 4.79 Å². The van der Waals surface area contributed by atoms with E-state index >= 15 is 0 Å². The third-order valence-corrected chi connectivity index (χ3v) is 4.54. The van der Waals surface area contributed by atoms with Crippen LogP contribution in [0.1, 0.15) is 24.8 Å². The van der Waals surface area contributed by atoms with Gasteiger partial charge in [-0.15, -0.1) is 0 Å². The minimum Gasteiger partial charge on any atom is -0.381 e. The van der Waals surface area contributed by atoms with Crippen LogP contribution in [0.4, 0.5) is 5.82 Å². The number of pyridine rings is 1. The van der Waals surface area contributed by atoms with E-state index in [0.717, 1.165) is 51.5 Å². The summed E-state index contributed by atoms with van der Waals surface area (Å²) in [5.41, 5.74) is 1.40. The lowest BCUT2D eigenvalue weighted by Crippen LogP contribution is -2.48. The summed E-state index contributed by atoms with van der Waals surface area (Å²) >= 11 is 0. The van der Waals surface area contributed by atoms with Crippen LogP contribution < -0.4 is 5.32 Å². The van der Waals surface area contributed by atoms with Crippen molar-refractivity contribution in [3.8, 4) is 0 Å². The first-order valence-electron chi connectivity index (χ1n) is 7.69. The molecule has 0 unspecified atom stereocenters. The number of carbonyl (C=O) groups is 1. The average Bonchev–Trinajstić information content (AvgIpc) is 2.91. The maximum Gasteiger partial charge on any atom is 0.222 e. The lowest BCUT2D eigenvalue weighted by Gasteiger charge is -2.39. The van der Waals surface area contributed by atoms with Crippen LogP contribution in [-0.2, 0) is 9.53 Å². The Morgan fingerprint density at radius 2 is 2.38 bits per heavy atom. The SMILES string of the molecule is Cc1ccnc(NCCN2C[C@]3(CCOC3)CCC2=O)c1. The molecule has 3 rings (SSSR count). The number of aryl methyl sites for hydroxylation is 1. The van der Waals surface area contributed by atoms with Crippen molar-refractivity contribution in [1.29, 1.82) is 0 Å². The number of nitrogens with one attached hydrogen (secondary N) is 1. The minimum atomic E-state index is 0.218. The summed E-state index contributed by atoms with van der Waals surface area (Å²) in [5, 5.41) is 3.30. The van der Waals surface area contributed by atoms with Gasteiger partial charge in [0.25, 0.3) is 0 Å². The van der Waals surface area contributed by atoms with Gasteiger partial charge in [0.05, 0.1) is 6.61 Å². The van der Waals surface area contributed by atoms with Gasteiger partial charge in [-0.3, -0.25) is 4.79 Å². The number of likely N-dealkylation sites (tertiary alicyclic amines) is 1. The minimum absolute atomic E-state index is 0.218. The number of hydrogen-bond donors (Lipinski definition) is 1. The first-order chi connectivity index (χ1) is 10.2. The van der Waals surface area contributed by atoms with Crippen molar-refractivity contribution < 1.29 is 9.53 Å². The molecule has 0 radical (unpaired) electrons. The number of ether oxygens (including phenoxy) is 1. The molecule has 2 aliphatic heterocycles. The molecule has 1 aromatic heterocycles. The van der Waals surface area contributed by atoms with Crippen molar-refractivity contribution in [1.82, 2.24) is 9.88 Å². The second-order valence-electron chi connectivity index (χ2n) is 6.26. The molecule has 114 valence electrons. The third kappa shape index (κ3) is 3.35. The number of carbonyl (C=O) groups excluding carboxylic acids is 1. The largest absolute Gasteiger partial charge is 0.381 e. The molecule has 2 fully saturated rings. The first kappa shape index (κ1) is 14.3. The van der Waals surface area contributed by atoms with Crippen molar-refractivity contribution in [2.75, 3.05) is 38.2 Å². The molecule has 5 nitrogen and oxygen atoms in total. The van der Waals surface area contributed by atoms with Gasteiger partial charge in [0.15, 0.2) is 0 Å². The van der Waals surface area contributed by atoms with Gasteiger partial charge in [-0.05, 0) is 37.5 Å². The van der Waals surface area contributed by atoms with Gasteiger partial charge in [0.1, 0.15) is 5.82 Å². The monoisotopic (exact) mass is 289 g/mol. The molecule has 1 N–H and O–H groups in total. The molecule has 0 aliphatic carbocycles. The molecule has 2 saturated heterocycles. The molecular formula is C16H23N3O2. The highest BCUT2D eigenvalue weighted by Crippen LogP contribution is 2.37. The number of rotatable bonds is 4. The van der Waals surface area contributed by atoms with Gasteiger partial charge in [-0.1, -0.05) is 0 Å². The molecule has 0 aromatic carbocycles. The lowest BCUT2D eigenvalue weighted by atomic mass is 9.79. The Morgan fingerprint density at radius 3 is 3.14 bits per heavy atom. The third-order valence-electron chi connectivity index (χ3n) is 4.54. The van der Waals surface area contributed by atoms with Gasteiger partial charge in [-0.25, -0.2) is 4.98 Å². The fourth-order valence-corrected chi connectivity index (χ4v) is 3.23. The maximum atomic E-state index is 12.1. The van der Waals surface area contributed by atoms with Crippen LogP contribution in [0.15, 0.2) is 18.3 Å². The van der Waals surface area contributed by atoms with E-state index in [-0.39, 0.29) is 11.3 Å². The zero-order chi connectivity index (χ0) is 14.7. The molecule has 1 amide bonds. The summed E-state index contributed by atoms with van der Waals surface area (Å²) in [6.07, 6.45) is 4.53. The van der Waals surface area contributed by atoms with Crippen LogP contribution in [0.3, 0.4) is 0 Å². The van der Waals surface area contributed by atoms with Gasteiger partial charge < -0.3 is 15.0 Å². The molecule has 5 heteroatoms. The predicted octanol–water partition coefficient (Wildman–Crippen LogP) is 1.83. The molecule has 0 saturated carbocycles. The summed E-state index contributed by atoms with van der Waals surface area (Å²) in [6, 6.07) is 3.99. The van der Waals surface area contributed by atoms with Crippen molar-refractivity contribution in [3.05, 3.63) is 23.9 Å². The predicted molar refractivity (Wildman–Crippen MR) is 81.1 cm³/mol. The Hall–Kier alpha value is -1.62. The number of nitrogens with zero attached hydrogens (tertiary/aromatic N) is 2. The lowest BCUT2D eigenvalue weighted by molar-refractivity contribution is -0.137. The Bertz CT molecular complexity index is 512. The van der Waals surface area contributed by atoms with Gasteiger partial charge in [-0.2, -0.15) is 0 Å². The van der Waals surface area contributed by atoms with Gasteiger partial charge in [0.2, 0.25) is 5.91 Å². The summed E-state index contributed by atoms with van der Waals surface area (Å²) in [7, 11) is 0. The van der Waals surface area contributed by atoms with Crippen LogP contribution in [0.2, 0.25) is 0 Å². The number of aromatic nitrogens is 1. The molecular weight excluding hydrogens is 266 g/mol. The normalized spacial score (nSPS) is 25.6. The van der Waals surface area contributed by atoms with Crippen molar-refractivity contribution in [3.63, 3.8) is 0 Å². The number of hydrogen-bond acceptors (Lipinski definition) is 4. The Morgan fingerprint density at radius 1 is 1.48 bits per heavy atom. The fraction of sp³-hybridized carbons (Fsp3) is 0.625. The van der Waals surface area contributed by atoms with Crippen LogP contribution >= 0.6 is 0 Å². The second-order valence-corrected chi connectivity index (χ2v) is 6.26. The number of anilines is 1. The molecule has 1 spiro atoms. The average molecular weight is 289 g/mol. The summed E-state index contributed by atoms with van der Waals surface area (Å²) in [4.78, 5) is 18.3. The van der Waals surface area contributed by atoms with Crippen molar-refractivity contribution >= 4 is 11.7 Å². The maximum absolute atomic E-state index is 12.1.